The molecule has 5 rings (SSSR count). The van der Waals surface area contributed by atoms with Crippen molar-refractivity contribution in [2.45, 2.75) is 30.8 Å². The van der Waals surface area contributed by atoms with E-state index in [9.17, 15) is 9.59 Å². The lowest BCUT2D eigenvalue weighted by molar-refractivity contribution is -0.141. The van der Waals surface area contributed by atoms with Crippen LogP contribution in [0.2, 0.25) is 0 Å². The van der Waals surface area contributed by atoms with E-state index >= 15 is 0 Å². The van der Waals surface area contributed by atoms with Crippen molar-refractivity contribution in [3.05, 3.63) is 90.5 Å². The van der Waals surface area contributed by atoms with Gasteiger partial charge in [-0.1, -0.05) is 72.8 Å². The van der Waals surface area contributed by atoms with Crippen LogP contribution in [0.3, 0.4) is 0 Å². The van der Waals surface area contributed by atoms with Crippen LogP contribution < -0.4 is 10.6 Å². The minimum absolute atomic E-state index is 0.0604. The van der Waals surface area contributed by atoms with Crippen LogP contribution in [0.25, 0.3) is 11.1 Å². The Hall–Kier alpha value is -3.44. The number of hydrogen-bond donors (Lipinski definition) is 1. The molecule has 1 heterocycles. The summed E-state index contributed by atoms with van der Waals surface area (Å²) in [6.07, 6.45) is 2.07. The summed E-state index contributed by atoms with van der Waals surface area (Å²) < 4.78 is 0. The molecule has 2 aliphatic rings. The van der Waals surface area contributed by atoms with Crippen molar-refractivity contribution in [1.29, 1.82) is 0 Å². The molecule has 0 radical (unpaired) electrons. The van der Waals surface area contributed by atoms with E-state index in [1.54, 1.807) is 4.90 Å². The van der Waals surface area contributed by atoms with Crippen molar-refractivity contribution in [3.63, 3.8) is 0 Å². The molecule has 5 nitrogen and oxygen atoms in total. The van der Waals surface area contributed by atoms with E-state index in [1.165, 1.54) is 0 Å². The van der Waals surface area contributed by atoms with Crippen LogP contribution in [0.1, 0.15) is 18.4 Å². The quantitative estimate of drug-likeness (QED) is 0.679. The molecule has 0 aromatic heterocycles. The maximum absolute atomic E-state index is 13.2. The van der Waals surface area contributed by atoms with Gasteiger partial charge in [0.15, 0.2) is 0 Å². The molecule has 1 aliphatic carbocycles. The number of nitrogens with zero attached hydrogens (tertiary/aromatic N) is 2. The van der Waals surface area contributed by atoms with Crippen LogP contribution >= 0.6 is 0 Å². The summed E-state index contributed by atoms with van der Waals surface area (Å²) >= 11 is 0. The largest absolute Gasteiger partial charge is 0.327 e. The molecule has 2 N–H and O–H groups in total. The molecular formula is C27H27N3O2. The number of hydrogen-bond acceptors (Lipinski definition) is 3. The second kappa shape index (κ2) is 8.24. The van der Waals surface area contributed by atoms with Crippen LogP contribution in [-0.2, 0) is 16.0 Å². The SMILES string of the molecule is NC1(C(=O)N2CC(=O)N(c3cccc(-c4ccccc4)c3)C[C@H]2Cc2ccccc2)CC1. The first-order valence-corrected chi connectivity index (χ1v) is 11.1. The third-order valence-electron chi connectivity index (χ3n) is 6.50. The van der Waals surface area contributed by atoms with E-state index in [4.69, 9.17) is 5.73 Å². The molecule has 5 heteroatoms. The minimum atomic E-state index is -0.787. The van der Waals surface area contributed by atoms with Gasteiger partial charge < -0.3 is 15.5 Å². The van der Waals surface area contributed by atoms with E-state index in [2.05, 4.69) is 36.4 Å². The van der Waals surface area contributed by atoms with E-state index < -0.39 is 5.54 Å². The first-order valence-electron chi connectivity index (χ1n) is 11.1. The van der Waals surface area contributed by atoms with Gasteiger partial charge in [0.05, 0.1) is 11.6 Å². The Morgan fingerprint density at radius 2 is 1.56 bits per heavy atom. The van der Waals surface area contributed by atoms with Gasteiger partial charge in [-0.15, -0.1) is 0 Å². The third-order valence-corrected chi connectivity index (χ3v) is 6.50. The molecule has 0 bridgehead atoms. The highest BCUT2D eigenvalue weighted by molar-refractivity contribution is 6.00. The van der Waals surface area contributed by atoms with Crippen LogP contribution in [0.15, 0.2) is 84.9 Å². The Kier molecular flexibility index (Phi) is 5.27. The second-order valence-corrected chi connectivity index (χ2v) is 8.85. The predicted octanol–water partition coefficient (Wildman–Crippen LogP) is 3.63. The van der Waals surface area contributed by atoms with Crippen molar-refractivity contribution in [1.82, 2.24) is 4.90 Å². The van der Waals surface area contributed by atoms with Crippen LogP contribution in [0, 0.1) is 0 Å². The van der Waals surface area contributed by atoms with E-state index in [1.807, 2.05) is 53.4 Å². The number of nitrogens with two attached hydrogens (primary N) is 1. The van der Waals surface area contributed by atoms with Crippen molar-refractivity contribution in [3.8, 4) is 11.1 Å². The van der Waals surface area contributed by atoms with Crippen LogP contribution in [-0.4, -0.2) is 41.4 Å². The number of rotatable bonds is 5. The van der Waals surface area contributed by atoms with Crippen LogP contribution in [0.4, 0.5) is 5.69 Å². The van der Waals surface area contributed by atoms with Gasteiger partial charge in [-0.2, -0.15) is 0 Å². The van der Waals surface area contributed by atoms with Gasteiger partial charge in [-0.05, 0) is 48.1 Å². The standard InChI is InChI=1S/C27H27N3O2/c28-27(14-15-27)26(32)30-19-25(31)29(18-24(30)16-20-8-3-1-4-9-20)23-13-7-12-22(17-23)21-10-5-2-6-11-21/h1-13,17,24H,14-16,18-19,28H2/t24-/m1/s1. The fourth-order valence-electron chi connectivity index (χ4n) is 4.44. The average molecular weight is 426 g/mol. The van der Waals surface area contributed by atoms with Gasteiger partial charge in [0.1, 0.15) is 6.54 Å². The van der Waals surface area contributed by atoms with Gasteiger partial charge in [-0.3, -0.25) is 9.59 Å². The van der Waals surface area contributed by atoms with E-state index in [-0.39, 0.29) is 24.4 Å². The summed E-state index contributed by atoms with van der Waals surface area (Å²) in [5.41, 5.74) is 9.62. The smallest absolute Gasteiger partial charge is 0.246 e. The summed E-state index contributed by atoms with van der Waals surface area (Å²) in [7, 11) is 0. The van der Waals surface area contributed by atoms with Gasteiger partial charge in [0.2, 0.25) is 11.8 Å². The second-order valence-electron chi connectivity index (χ2n) is 8.85. The van der Waals surface area contributed by atoms with Crippen molar-refractivity contribution in [2.24, 2.45) is 5.73 Å². The van der Waals surface area contributed by atoms with Crippen molar-refractivity contribution >= 4 is 17.5 Å². The minimum Gasteiger partial charge on any atom is -0.327 e. The molecule has 162 valence electrons. The number of carbonyl (C=O) groups is 2. The zero-order valence-corrected chi connectivity index (χ0v) is 18.0. The molecule has 1 atom stereocenters. The Bertz CT molecular complexity index is 1130. The Labute approximate surface area is 188 Å². The van der Waals surface area contributed by atoms with Crippen molar-refractivity contribution < 1.29 is 9.59 Å². The lowest BCUT2D eigenvalue weighted by Gasteiger charge is -2.42. The van der Waals surface area contributed by atoms with Gasteiger partial charge >= 0.3 is 0 Å². The number of anilines is 1. The highest BCUT2D eigenvalue weighted by atomic mass is 16.2. The Morgan fingerprint density at radius 3 is 2.25 bits per heavy atom. The zero-order valence-electron chi connectivity index (χ0n) is 18.0. The molecule has 2 fully saturated rings. The summed E-state index contributed by atoms with van der Waals surface area (Å²) in [6, 6.07) is 28.2. The summed E-state index contributed by atoms with van der Waals surface area (Å²) in [5.74, 6) is -0.165. The fourth-order valence-corrected chi connectivity index (χ4v) is 4.44. The maximum Gasteiger partial charge on any atom is 0.246 e. The van der Waals surface area contributed by atoms with Crippen molar-refractivity contribution in [2.75, 3.05) is 18.0 Å². The Morgan fingerprint density at radius 1 is 0.906 bits per heavy atom. The van der Waals surface area contributed by atoms with Gasteiger partial charge in [0.25, 0.3) is 0 Å². The molecule has 1 saturated heterocycles. The molecule has 0 spiro atoms. The Balaban J connectivity index is 1.44. The highest BCUT2D eigenvalue weighted by Gasteiger charge is 2.51. The predicted molar refractivity (Wildman–Crippen MR) is 126 cm³/mol. The molecule has 0 unspecified atom stereocenters. The molecule has 3 aromatic rings. The topological polar surface area (TPSA) is 66.6 Å². The fraction of sp³-hybridized carbons (Fsp3) is 0.259. The molecule has 1 aliphatic heterocycles. The number of piperazine rings is 1. The molecule has 3 aromatic carbocycles. The third kappa shape index (κ3) is 4.04. The van der Waals surface area contributed by atoms with Gasteiger partial charge in [0, 0.05) is 12.2 Å². The highest BCUT2D eigenvalue weighted by Crippen LogP contribution is 2.36. The normalized spacial score (nSPS) is 19.7. The lowest BCUT2D eigenvalue weighted by atomic mass is 9.99. The first kappa shape index (κ1) is 20.5. The molecule has 1 saturated carbocycles. The van der Waals surface area contributed by atoms with Crippen LogP contribution in [0.5, 0.6) is 0 Å². The number of benzene rings is 3. The monoisotopic (exact) mass is 425 g/mol. The number of amides is 2. The molecule has 2 amide bonds. The van der Waals surface area contributed by atoms with E-state index in [0.29, 0.717) is 25.8 Å². The summed E-state index contributed by atoms with van der Waals surface area (Å²) in [5, 5.41) is 0. The maximum atomic E-state index is 13.2. The average Bonchev–Trinajstić information content (AvgIpc) is 3.59. The zero-order chi connectivity index (χ0) is 22.1. The summed E-state index contributed by atoms with van der Waals surface area (Å²) in [4.78, 5) is 29.9. The first-order chi connectivity index (χ1) is 15.5. The van der Waals surface area contributed by atoms with Gasteiger partial charge in [-0.25, -0.2) is 0 Å². The summed E-state index contributed by atoms with van der Waals surface area (Å²) in [6.45, 7) is 0.513. The number of carbonyl (C=O) groups excluding carboxylic acids is 2. The molecular weight excluding hydrogens is 398 g/mol. The molecule has 32 heavy (non-hydrogen) atoms. The van der Waals surface area contributed by atoms with E-state index in [0.717, 1.165) is 22.4 Å². The lowest BCUT2D eigenvalue weighted by Crippen LogP contribution is -2.62.